The number of likely N-dealkylation sites (N-methyl/N-ethyl adjacent to an activating group) is 1. The number of benzene rings is 2. The summed E-state index contributed by atoms with van der Waals surface area (Å²) in [5.74, 6) is 1.69. The summed E-state index contributed by atoms with van der Waals surface area (Å²) in [6, 6.07) is 15.7. The molecule has 0 saturated heterocycles. The maximum absolute atomic E-state index is 10.4. The third kappa shape index (κ3) is 6.40. The molecule has 0 saturated carbocycles. The summed E-state index contributed by atoms with van der Waals surface area (Å²) < 4.78 is 11.2. The minimum Gasteiger partial charge on any atom is -0.494 e. The van der Waals surface area contributed by atoms with Crippen molar-refractivity contribution < 1.29 is 14.6 Å². The van der Waals surface area contributed by atoms with Crippen molar-refractivity contribution in [3.63, 3.8) is 0 Å². The van der Waals surface area contributed by atoms with Crippen LogP contribution in [0.25, 0.3) is 0 Å². The zero-order valence-electron chi connectivity index (χ0n) is 15.4. The Morgan fingerprint density at radius 3 is 2.08 bits per heavy atom. The van der Waals surface area contributed by atoms with Gasteiger partial charge >= 0.3 is 0 Å². The minimum atomic E-state index is -0.481. The van der Waals surface area contributed by atoms with Crippen LogP contribution in [0, 0.1) is 6.92 Å². The van der Waals surface area contributed by atoms with E-state index in [0.29, 0.717) is 19.8 Å². The molecule has 2 aromatic carbocycles. The molecule has 0 aliphatic heterocycles. The zero-order chi connectivity index (χ0) is 18.1. The van der Waals surface area contributed by atoms with E-state index in [9.17, 15) is 5.11 Å². The molecule has 1 atom stereocenters. The van der Waals surface area contributed by atoms with E-state index in [-0.39, 0.29) is 0 Å². The fourth-order valence-corrected chi connectivity index (χ4v) is 2.61. The Morgan fingerprint density at radius 1 is 0.920 bits per heavy atom. The Bertz CT molecular complexity index is 610. The lowest BCUT2D eigenvalue weighted by molar-refractivity contribution is 0.106. The van der Waals surface area contributed by atoms with Gasteiger partial charge < -0.3 is 14.6 Å². The fraction of sp³-hybridized carbons (Fsp3) is 0.429. The first-order valence-corrected chi connectivity index (χ1v) is 8.95. The largest absolute Gasteiger partial charge is 0.494 e. The predicted molar refractivity (Wildman–Crippen MR) is 101 cm³/mol. The molecule has 0 aliphatic carbocycles. The molecule has 2 aromatic rings. The van der Waals surface area contributed by atoms with Gasteiger partial charge in [-0.3, -0.25) is 4.90 Å². The fourth-order valence-electron chi connectivity index (χ4n) is 2.61. The lowest BCUT2D eigenvalue weighted by atomic mass is 10.1. The summed E-state index contributed by atoms with van der Waals surface area (Å²) in [4.78, 5) is 2.19. The van der Waals surface area contributed by atoms with Crippen molar-refractivity contribution in [2.24, 2.45) is 0 Å². The van der Waals surface area contributed by atoms with E-state index >= 15 is 0 Å². The third-order valence-corrected chi connectivity index (χ3v) is 4.15. The summed E-state index contributed by atoms with van der Waals surface area (Å²) in [7, 11) is 0. The van der Waals surface area contributed by atoms with Crippen LogP contribution in [0.5, 0.6) is 11.5 Å². The van der Waals surface area contributed by atoms with E-state index < -0.39 is 6.10 Å². The molecule has 25 heavy (non-hydrogen) atoms. The molecule has 0 aliphatic rings. The minimum absolute atomic E-state index is 0.481. The van der Waals surface area contributed by atoms with Crippen LogP contribution in [0.3, 0.4) is 0 Å². The van der Waals surface area contributed by atoms with Gasteiger partial charge in [-0.2, -0.15) is 0 Å². The van der Waals surface area contributed by atoms with Crippen LogP contribution in [0.15, 0.2) is 48.5 Å². The highest BCUT2D eigenvalue weighted by Gasteiger charge is 2.12. The molecule has 1 N–H and O–H groups in total. The lowest BCUT2D eigenvalue weighted by Gasteiger charge is -2.24. The first-order valence-electron chi connectivity index (χ1n) is 8.95. The Balaban J connectivity index is 1.78. The zero-order valence-corrected chi connectivity index (χ0v) is 15.4. The number of hydrogen-bond donors (Lipinski definition) is 1. The van der Waals surface area contributed by atoms with Gasteiger partial charge in [-0.25, -0.2) is 0 Å². The first kappa shape index (κ1) is 19.3. The van der Waals surface area contributed by atoms with Crippen LogP contribution in [0.4, 0.5) is 0 Å². The summed E-state index contributed by atoms with van der Waals surface area (Å²) in [5, 5.41) is 10.4. The SMILES string of the molecule is CCOc1ccc(OCCN(CC)CC(O)c2ccc(C)cc2)cc1. The van der Waals surface area contributed by atoms with Crippen molar-refractivity contribution in [1.82, 2.24) is 4.90 Å². The van der Waals surface area contributed by atoms with Crippen molar-refractivity contribution in [2.45, 2.75) is 26.9 Å². The van der Waals surface area contributed by atoms with E-state index in [1.54, 1.807) is 0 Å². The maximum Gasteiger partial charge on any atom is 0.119 e. The van der Waals surface area contributed by atoms with Crippen LogP contribution < -0.4 is 9.47 Å². The van der Waals surface area contributed by atoms with E-state index in [1.807, 2.05) is 62.4 Å². The van der Waals surface area contributed by atoms with E-state index in [1.165, 1.54) is 5.56 Å². The quantitative estimate of drug-likeness (QED) is 0.712. The smallest absolute Gasteiger partial charge is 0.119 e. The van der Waals surface area contributed by atoms with Gasteiger partial charge in [-0.1, -0.05) is 36.8 Å². The summed E-state index contributed by atoms with van der Waals surface area (Å²) in [5.41, 5.74) is 2.16. The molecular formula is C21H29NO3. The van der Waals surface area contributed by atoms with Gasteiger partial charge in [0.05, 0.1) is 12.7 Å². The van der Waals surface area contributed by atoms with Gasteiger partial charge in [0, 0.05) is 13.1 Å². The second-order valence-electron chi connectivity index (χ2n) is 6.07. The molecule has 0 fully saturated rings. The second-order valence-corrected chi connectivity index (χ2v) is 6.07. The maximum atomic E-state index is 10.4. The Labute approximate surface area is 151 Å². The monoisotopic (exact) mass is 343 g/mol. The molecular weight excluding hydrogens is 314 g/mol. The molecule has 0 heterocycles. The molecule has 136 valence electrons. The number of aliphatic hydroxyl groups is 1. The van der Waals surface area contributed by atoms with Gasteiger partial charge in [-0.05, 0) is 50.2 Å². The van der Waals surface area contributed by atoms with Crippen molar-refractivity contribution >= 4 is 0 Å². The van der Waals surface area contributed by atoms with Crippen LogP contribution in [-0.2, 0) is 0 Å². The van der Waals surface area contributed by atoms with Gasteiger partial charge in [-0.15, -0.1) is 0 Å². The van der Waals surface area contributed by atoms with Crippen LogP contribution >= 0.6 is 0 Å². The number of rotatable bonds is 10. The van der Waals surface area contributed by atoms with Crippen LogP contribution in [0.1, 0.15) is 31.1 Å². The molecule has 2 rings (SSSR count). The second kappa shape index (κ2) is 10.1. The summed E-state index contributed by atoms with van der Waals surface area (Å²) >= 11 is 0. The summed E-state index contributed by atoms with van der Waals surface area (Å²) in [6.07, 6.45) is -0.481. The first-order chi connectivity index (χ1) is 12.1. The number of aryl methyl sites for hydroxylation is 1. The predicted octanol–water partition coefficient (Wildman–Crippen LogP) is 3.83. The van der Waals surface area contributed by atoms with E-state index in [4.69, 9.17) is 9.47 Å². The molecule has 0 bridgehead atoms. The number of nitrogens with zero attached hydrogens (tertiary/aromatic N) is 1. The molecule has 0 amide bonds. The highest BCUT2D eigenvalue weighted by molar-refractivity contribution is 5.31. The van der Waals surface area contributed by atoms with Crippen molar-refractivity contribution in [3.8, 4) is 11.5 Å². The Morgan fingerprint density at radius 2 is 1.52 bits per heavy atom. The lowest BCUT2D eigenvalue weighted by Crippen LogP contribution is -2.32. The van der Waals surface area contributed by atoms with E-state index in [0.717, 1.165) is 30.2 Å². The molecule has 0 aromatic heterocycles. The van der Waals surface area contributed by atoms with Crippen molar-refractivity contribution in [3.05, 3.63) is 59.7 Å². The number of hydrogen-bond acceptors (Lipinski definition) is 4. The standard InChI is InChI=1S/C21H29NO3/c1-4-22(16-21(23)18-8-6-17(3)7-9-18)14-15-25-20-12-10-19(11-13-20)24-5-2/h6-13,21,23H,4-5,14-16H2,1-3H3. The molecule has 0 spiro atoms. The highest BCUT2D eigenvalue weighted by Crippen LogP contribution is 2.18. The molecule has 1 unspecified atom stereocenters. The molecule has 4 heteroatoms. The Hall–Kier alpha value is -2.04. The number of aliphatic hydroxyl groups excluding tert-OH is 1. The number of ether oxygens (including phenoxy) is 2. The van der Waals surface area contributed by atoms with Crippen LogP contribution in [-0.4, -0.2) is 42.9 Å². The normalized spacial score (nSPS) is 12.2. The van der Waals surface area contributed by atoms with Crippen molar-refractivity contribution in [1.29, 1.82) is 0 Å². The van der Waals surface area contributed by atoms with Gasteiger partial charge in [0.1, 0.15) is 18.1 Å². The average Bonchev–Trinajstić information content (AvgIpc) is 2.63. The van der Waals surface area contributed by atoms with E-state index in [2.05, 4.69) is 11.8 Å². The summed E-state index contributed by atoms with van der Waals surface area (Å²) in [6.45, 7) is 9.60. The van der Waals surface area contributed by atoms with Gasteiger partial charge in [0.2, 0.25) is 0 Å². The average molecular weight is 343 g/mol. The van der Waals surface area contributed by atoms with Crippen LogP contribution in [0.2, 0.25) is 0 Å². The van der Waals surface area contributed by atoms with Gasteiger partial charge in [0.15, 0.2) is 0 Å². The molecule has 4 nitrogen and oxygen atoms in total. The Kier molecular flexibility index (Phi) is 7.76. The topological polar surface area (TPSA) is 41.9 Å². The molecule has 0 radical (unpaired) electrons. The highest BCUT2D eigenvalue weighted by atomic mass is 16.5. The van der Waals surface area contributed by atoms with Crippen molar-refractivity contribution in [2.75, 3.05) is 32.8 Å². The third-order valence-electron chi connectivity index (χ3n) is 4.15. The van der Waals surface area contributed by atoms with Gasteiger partial charge in [0.25, 0.3) is 0 Å².